The number of amides is 1. The molecule has 3 aromatic carbocycles. The summed E-state index contributed by atoms with van der Waals surface area (Å²) in [4.78, 5) is 49.4. The third kappa shape index (κ3) is 4.56. The van der Waals surface area contributed by atoms with E-state index in [1.165, 1.54) is 32.4 Å². The average Bonchev–Trinajstić information content (AvgIpc) is 2.87. The van der Waals surface area contributed by atoms with Crippen LogP contribution in [0.5, 0.6) is 0 Å². The summed E-state index contributed by atoms with van der Waals surface area (Å²) >= 11 is 0. The molecule has 34 heavy (non-hydrogen) atoms. The summed E-state index contributed by atoms with van der Waals surface area (Å²) in [5.74, 6) is -1.86. The van der Waals surface area contributed by atoms with E-state index in [4.69, 9.17) is 13.9 Å². The lowest BCUT2D eigenvalue weighted by atomic mass is 10.0. The Bertz CT molecular complexity index is 1450. The summed E-state index contributed by atoms with van der Waals surface area (Å²) < 4.78 is 14.8. The van der Waals surface area contributed by atoms with Crippen molar-refractivity contribution in [3.8, 4) is 11.1 Å². The van der Waals surface area contributed by atoms with Crippen molar-refractivity contribution in [1.82, 2.24) is 0 Å². The van der Waals surface area contributed by atoms with Gasteiger partial charge in [-0.05, 0) is 48.0 Å². The summed E-state index contributed by atoms with van der Waals surface area (Å²) in [5.41, 5.74) is 1.37. The van der Waals surface area contributed by atoms with E-state index in [0.29, 0.717) is 16.7 Å². The van der Waals surface area contributed by atoms with Crippen LogP contribution in [0.4, 0.5) is 5.69 Å². The van der Waals surface area contributed by atoms with Gasteiger partial charge in [0.25, 0.3) is 5.91 Å². The number of anilines is 1. The van der Waals surface area contributed by atoms with Gasteiger partial charge in [-0.1, -0.05) is 30.3 Å². The first kappa shape index (κ1) is 22.5. The van der Waals surface area contributed by atoms with Gasteiger partial charge in [0.15, 0.2) is 0 Å². The number of hydrogen-bond acceptors (Lipinski definition) is 7. The van der Waals surface area contributed by atoms with Crippen molar-refractivity contribution in [3.63, 3.8) is 0 Å². The topological polar surface area (TPSA) is 112 Å². The van der Waals surface area contributed by atoms with Crippen LogP contribution in [0.3, 0.4) is 0 Å². The summed E-state index contributed by atoms with van der Waals surface area (Å²) in [6.07, 6.45) is 0. The lowest BCUT2D eigenvalue weighted by Gasteiger charge is -2.10. The maximum Gasteiger partial charge on any atom is 0.344 e. The molecule has 0 radical (unpaired) electrons. The highest BCUT2D eigenvalue weighted by Gasteiger charge is 2.16. The molecule has 4 aromatic rings. The van der Waals surface area contributed by atoms with Crippen molar-refractivity contribution in [3.05, 3.63) is 99.9 Å². The monoisotopic (exact) mass is 457 g/mol. The lowest BCUT2D eigenvalue weighted by molar-refractivity contribution is 0.0599. The maximum atomic E-state index is 13.0. The molecule has 0 aliphatic carbocycles. The zero-order valence-corrected chi connectivity index (χ0v) is 18.3. The van der Waals surface area contributed by atoms with Gasteiger partial charge < -0.3 is 19.2 Å². The number of para-hydroxylation sites is 1. The Morgan fingerprint density at radius 1 is 0.765 bits per heavy atom. The Morgan fingerprint density at radius 3 is 2.12 bits per heavy atom. The molecule has 1 aromatic heterocycles. The Labute approximate surface area is 193 Å². The van der Waals surface area contributed by atoms with E-state index < -0.39 is 23.5 Å². The SMILES string of the molecule is COC(=O)c1cc(NC(=O)c2cccc(-c3cc4ccccc4oc3=O)c2)cc(C(=O)OC)c1. The third-order valence-corrected chi connectivity index (χ3v) is 5.11. The highest BCUT2D eigenvalue weighted by molar-refractivity contribution is 6.06. The minimum absolute atomic E-state index is 0.0724. The molecular weight excluding hydrogens is 438 g/mol. The predicted octanol–water partition coefficient (Wildman–Crippen LogP) is 4.29. The molecule has 1 heterocycles. The fraction of sp³-hybridized carbons (Fsp3) is 0.0769. The molecule has 0 aliphatic heterocycles. The van der Waals surface area contributed by atoms with Gasteiger partial charge in [-0.2, -0.15) is 0 Å². The van der Waals surface area contributed by atoms with E-state index in [1.54, 1.807) is 42.5 Å². The van der Waals surface area contributed by atoms with Crippen LogP contribution >= 0.6 is 0 Å². The molecule has 4 rings (SSSR count). The van der Waals surface area contributed by atoms with Crippen LogP contribution in [0.25, 0.3) is 22.1 Å². The van der Waals surface area contributed by atoms with E-state index in [0.717, 1.165) is 5.39 Å². The summed E-state index contributed by atoms with van der Waals surface area (Å²) in [5, 5.41) is 3.42. The van der Waals surface area contributed by atoms with Gasteiger partial charge in [0.05, 0.1) is 30.9 Å². The first-order valence-electron chi connectivity index (χ1n) is 10.2. The van der Waals surface area contributed by atoms with Gasteiger partial charge >= 0.3 is 17.6 Å². The predicted molar refractivity (Wildman–Crippen MR) is 125 cm³/mol. The highest BCUT2D eigenvalue weighted by atomic mass is 16.5. The first-order valence-corrected chi connectivity index (χ1v) is 10.2. The van der Waals surface area contributed by atoms with Crippen molar-refractivity contribution in [1.29, 1.82) is 0 Å². The zero-order valence-electron chi connectivity index (χ0n) is 18.3. The van der Waals surface area contributed by atoms with Crippen LogP contribution in [0.2, 0.25) is 0 Å². The van der Waals surface area contributed by atoms with Gasteiger partial charge in [-0.3, -0.25) is 4.79 Å². The molecule has 0 bridgehead atoms. The molecule has 8 nitrogen and oxygen atoms in total. The zero-order chi connectivity index (χ0) is 24.2. The number of ether oxygens (including phenoxy) is 2. The standard InChI is InChI=1S/C26H19NO7/c1-32-24(29)18-11-19(25(30)33-2)13-20(12-18)27-23(28)17-8-5-7-15(10-17)21-14-16-6-3-4-9-22(16)34-26(21)31/h3-14H,1-2H3,(H,27,28). The smallest absolute Gasteiger partial charge is 0.344 e. The fourth-order valence-corrected chi connectivity index (χ4v) is 3.47. The van der Waals surface area contributed by atoms with Crippen LogP contribution < -0.4 is 10.9 Å². The number of nitrogens with one attached hydrogen (secondary N) is 1. The summed E-state index contributed by atoms with van der Waals surface area (Å²) in [6.45, 7) is 0. The molecule has 0 spiro atoms. The van der Waals surface area contributed by atoms with Gasteiger partial charge in [0, 0.05) is 16.6 Å². The van der Waals surface area contributed by atoms with Crippen molar-refractivity contribution >= 4 is 34.5 Å². The molecule has 1 amide bonds. The maximum absolute atomic E-state index is 13.0. The second-order valence-electron chi connectivity index (χ2n) is 7.30. The Hall–Kier alpha value is -4.72. The third-order valence-electron chi connectivity index (χ3n) is 5.11. The van der Waals surface area contributed by atoms with Crippen molar-refractivity contribution < 1.29 is 28.3 Å². The Balaban J connectivity index is 1.67. The summed E-state index contributed by atoms with van der Waals surface area (Å²) in [6, 6.07) is 19.4. The molecule has 8 heteroatoms. The molecular formula is C26H19NO7. The van der Waals surface area contributed by atoms with Crippen molar-refractivity contribution in [2.75, 3.05) is 19.5 Å². The molecule has 1 N–H and O–H groups in total. The lowest BCUT2D eigenvalue weighted by Crippen LogP contribution is -2.14. The number of carbonyl (C=O) groups is 3. The average molecular weight is 457 g/mol. The van der Waals surface area contributed by atoms with Gasteiger partial charge in [-0.15, -0.1) is 0 Å². The molecule has 0 saturated carbocycles. The van der Waals surface area contributed by atoms with Crippen LogP contribution in [-0.4, -0.2) is 32.1 Å². The van der Waals surface area contributed by atoms with Gasteiger partial charge in [-0.25, -0.2) is 14.4 Å². The normalized spacial score (nSPS) is 10.5. The molecule has 0 aliphatic rings. The molecule has 0 saturated heterocycles. The molecule has 170 valence electrons. The highest BCUT2D eigenvalue weighted by Crippen LogP contribution is 2.23. The van der Waals surface area contributed by atoms with Crippen molar-refractivity contribution in [2.24, 2.45) is 0 Å². The quantitative estimate of drug-likeness (QED) is 0.352. The Morgan fingerprint density at radius 2 is 1.44 bits per heavy atom. The number of benzene rings is 3. The Kier molecular flexibility index (Phi) is 6.22. The van der Waals surface area contributed by atoms with Crippen molar-refractivity contribution in [2.45, 2.75) is 0 Å². The number of carbonyl (C=O) groups excluding carboxylic acids is 3. The molecule has 0 fully saturated rings. The van der Waals surface area contributed by atoms with Crippen LogP contribution in [-0.2, 0) is 9.47 Å². The molecule has 0 unspecified atom stereocenters. The second-order valence-corrected chi connectivity index (χ2v) is 7.30. The van der Waals surface area contributed by atoms with Crippen LogP contribution in [0.15, 0.2) is 82.0 Å². The number of esters is 2. The number of methoxy groups -OCH3 is 2. The van der Waals surface area contributed by atoms with Gasteiger partial charge in [0.2, 0.25) is 0 Å². The second kappa shape index (κ2) is 9.41. The van der Waals surface area contributed by atoms with E-state index in [-0.39, 0.29) is 22.4 Å². The largest absolute Gasteiger partial charge is 0.465 e. The van der Waals surface area contributed by atoms with Crippen LogP contribution in [0, 0.1) is 0 Å². The number of hydrogen-bond donors (Lipinski definition) is 1. The first-order chi connectivity index (χ1) is 16.4. The van der Waals surface area contributed by atoms with E-state index in [2.05, 4.69) is 5.32 Å². The molecule has 0 atom stereocenters. The van der Waals surface area contributed by atoms with E-state index >= 15 is 0 Å². The summed E-state index contributed by atoms with van der Waals surface area (Å²) in [7, 11) is 2.42. The number of rotatable bonds is 5. The van der Waals surface area contributed by atoms with E-state index in [9.17, 15) is 19.2 Å². The number of fused-ring (bicyclic) bond motifs is 1. The minimum Gasteiger partial charge on any atom is -0.465 e. The van der Waals surface area contributed by atoms with Gasteiger partial charge in [0.1, 0.15) is 5.58 Å². The van der Waals surface area contributed by atoms with E-state index in [1.807, 2.05) is 12.1 Å². The fourth-order valence-electron chi connectivity index (χ4n) is 3.47. The van der Waals surface area contributed by atoms with Crippen LogP contribution in [0.1, 0.15) is 31.1 Å². The minimum atomic E-state index is -0.675.